The molecule has 0 aromatic heterocycles. The minimum atomic E-state index is -0.521. The van der Waals surface area contributed by atoms with E-state index in [9.17, 15) is 14.4 Å². The Bertz CT molecular complexity index is 1000. The summed E-state index contributed by atoms with van der Waals surface area (Å²) >= 11 is 0. The lowest BCUT2D eigenvalue weighted by Gasteiger charge is -2.34. The van der Waals surface area contributed by atoms with Gasteiger partial charge in [-0.25, -0.2) is 4.90 Å². The van der Waals surface area contributed by atoms with Gasteiger partial charge in [-0.15, -0.1) is 0 Å². The monoisotopic (exact) mass is 437 g/mol. The van der Waals surface area contributed by atoms with E-state index in [1.165, 1.54) is 12.0 Å². The molecule has 1 N–H and O–H groups in total. The fraction of sp³-hybridized carbons (Fsp3) is 0.375. The fourth-order valence-corrected chi connectivity index (χ4v) is 4.36. The van der Waals surface area contributed by atoms with Crippen molar-refractivity contribution in [2.24, 2.45) is 5.92 Å². The number of amides is 3. The van der Waals surface area contributed by atoms with Crippen molar-refractivity contribution in [3.05, 3.63) is 48.5 Å². The number of piperidine rings is 1. The highest BCUT2D eigenvalue weighted by Gasteiger charge is 2.44. The number of ether oxygens (including phenoxy) is 2. The normalized spacial score (nSPS) is 19.8. The van der Waals surface area contributed by atoms with Crippen molar-refractivity contribution < 1.29 is 23.9 Å². The van der Waals surface area contributed by atoms with Gasteiger partial charge in [0.05, 0.1) is 32.4 Å². The molecule has 8 heteroatoms. The standard InChI is InChI=1S/C24H27N3O5/c1-31-18-8-9-19(21(14-18)32-2)27-22(28)15-20(24(27)30)26-12-10-16(11-13-26)23(29)25-17-6-4-3-5-7-17/h3-9,14,16,20H,10-13,15H2,1-2H3,(H,25,29)/t20-/m1/s1. The zero-order valence-corrected chi connectivity index (χ0v) is 18.2. The van der Waals surface area contributed by atoms with Crippen LogP contribution in [0.25, 0.3) is 0 Å². The van der Waals surface area contributed by atoms with Crippen molar-refractivity contribution >= 4 is 29.1 Å². The molecule has 0 aliphatic carbocycles. The number of rotatable bonds is 6. The van der Waals surface area contributed by atoms with Gasteiger partial charge in [0.25, 0.3) is 5.91 Å². The first-order valence-electron chi connectivity index (χ1n) is 10.7. The molecule has 2 aliphatic heterocycles. The molecule has 32 heavy (non-hydrogen) atoms. The van der Waals surface area contributed by atoms with Crippen LogP contribution in [0.2, 0.25) is 0 Å². The highest BCUT2D eigenvalue weighted by molar-refractivity contribution is 6.23. The van der Waals surface area contributed by atoms with E-state index in [1.807, 2.05) is 35.2 Å². The molecule has 0 saturated carbocycles. The summed E-state index contributed by atoms with van der Waals surface area (Å²) in [6.07, 6.45) is 1.40. The summed E-state index contributed by atoms with van der Waals surface area (Å²) in [6.45, 7) is 1.17. The maximum absolute atomic E-state index is 13.2. The zero-order valence-electron chi connectivity index (χ0n) is 18.2. The molecule has 0 spiro atoms. The summed E-state index contributed by atoms with van der Waals surface area (Å²) < 4.78 is 10.6. The molecule has 2 heterocycles. The first-order chi connectivity index (χ1) is 15.5. The van der Waals surface area contributed by atoms with Gasteiger partial charge in [0.1, 0.15) is 11.5 Å². The van der Waals surface area contributed by atoms with Gasteiger partial charge < -0.3 is 14.8 Å². The van der Waals surface area contributed by atoms with Crippen molar-refractivity contribution in [2.75, 3.05) is 37.5 Å². The van der Waals surface area contributed by atoms with E-state index in [0.29, 0.717) is 43.1 Å². The number of hydrogen-bond donors (Lipinski definition) is 1. The Morgan fingerprint density at radius 1 is 1.00 bits per heavy atom. The number of anilines is 2. The topological polar surface area (TPSA) is 88.2 Å². The molecule has 0 radical (unpaired) electrons. The van der Waals surface area contributed by atoms with Gasteiger partial charge in [-0.3, -0.25) is 19.3 Å². The van der Waals surface area contributed by atoms with Crippen molar-refractivity contribution in [3.8, 4) is 11.5 Å². The van der Waals surface area contributed by atoms with Crippen LogP contribution in [0.3, 0.4) is 0 Å². The zero-order chi connectivity index (χ0) is 22.7. The smallest absolute Gasteiger partial charge is 0.251 e. The van der Waals surface area contributed by atoms with Gasteiger partial charge in [-0.2, -0.15) is 0 Å². The third kappa shape index (κ3) is 4.31. The molecule has 4 rings (SSSR count). The summed E-state index contributed by atoms with van der Waals surface area (Å²) in [6, 6.07) is 13.9. The van der Waals surface area contributed by atoms with Crippen LogP contribution < -0.4 is 19.7 Å². The van der Waals surface area contributed by atoms with Gasteiger partial charge in [0.15, 0.2) is 0 Å². The summed E-state index contributed by atoms with van der Waals surface area (Å²) in [5, 5.41) is 2.95. The highest BCUT2D eigenvalue weighted by Crippen LogP contribution is 2.36. The molecule has 168 valence electrons. The molecule has 0 bridgehead atoms. The van der Waals surface area contributed by atoms with Crippen LogP contribution >= 0.6 is 0 Å². The number of nitrogens with one attached hydrogen (secondary N) is 1. The van der Waals surface area contributed by atoms with E-state index in [4.69, 9.17) is 9.47 Å². The predicted octanol–water partition coefficient (Wildman–Crippen LogP) is 2.69. The second kappa shape index (κ2) is 9.40. The maximum atomic E-state index is 13.2. The summed E-state index contributed by atoms with van der Waals surface area (Å²) in [7, 11) is 3.03. The fourth-order valence-electron chi connectivity index (χ4n) is 4.36. The average molecular weight is 437 g/mol. The molecule has 8 nitrogen and oxygen atoms in total. The molecular formula is C24H27N3O5. The molecular weight excluding hydrogens is 410 g/mol. The lowest BCUT2D eigenvalue weighted by Crippen LogP contribution is -2.47. The molecule has 2 fully saturated rings. The number of imide groups is 1. The van der Waals surface area contributed by atoms with Gasteiger partial charge in [-0.1, -0.05) is 18.2 Å². The van der Waals surface area contributed by atoms with E-state index in [-0.39, 0.29) is 30.1 Å². The number of nitrogens with zero attached hydrogens (tertiary/aromatic N) is 2. The number of benzene rings is 2. The van der Waals surface area contributed by atoms with Crippen LogP contribution in [-0.2, 0) is 14.4 Å². The van der Waals surface area contributed by atoms with E-state index < -0.39 is 6.04 Å². The van der Waals surface area contributed by atoms with Gasteiger partial charge in [-0.05, 0) is 50.2 Å². The van der Waals surface area contributed by atoms with Gasteiger partial charge in [0, 0.05) is 17.7 Å². The lowest BCUT2D eigenvalue weighted by atomic mass is 9.94. The largest absolute Gasteiger partial charge is 0.497 e. The van der Waals surface area contributed by atoms with Crippen molar-refractivity contribution in [3.63, 3.8) is 0 Å². The number of carbonyl (C=O) groups excluding carboxylic acids is 3. The van der Waals surface area contributed by atoms with Crippen LogP contribution in [0.15, 0.2) is 48.5 Å². The van der Waals surface area contributed by atoms with Crippen LogP contribution in [-0.4, -0.2) is 56.0 Å². The van der Waals surface area contributed by atoms with E-state index in [2.05, 4.69) is 5.32 Å². The minimum absolute atomic E-state index is 0.00531. The van der Waals surface area contributed by atoms with Crippen molar-refractivity contribution in [1.82, 2.24) is 4.90 Å². The van der Waals surface area contributed by atoms with Crippen LogP contribution in [0.1, 0.15) is 19.3 Å². The molecule has 0 unspecified atom stereocenters. The number of methoxy groups -OCH3 is 2. The Kier molecular flexibility index (Phi) is 6.41. The predicted molar refractivity (Wildman–Crippen MR) is 120 cm³/mol. The quantitative estimate of drug-likeness (QED) is 0.699. The Morgan fingerprint density at radius 3 is 2.38 bits per heavy atom. The van der Waals surface area contributed by atoms with E-state index in [1.54, 1.807) is 25.3 Å². The molecule has 2 saturated heterocycles. The summed E-state index contributed by atoms with van der Waals surface area (Å²) in [5.41, 5.74) is 1.20. The Hall–Kier alpha value is -3.39. The van der Waals surface area contributed by atoms with Crippen molar-refractivity contribution in [2.45, 2.75) is 25.3 Å². The van der Waals surface area contributed by atoms with Crippen LogP contribution in [0, 0.1) is 5.92 Å². The highest BCUT2D eigenvalue weighted by atomic mass is 16.5. The Balaban J connectivity index is 1.40. The minimum Gasteiger partial charge on any atom is -0.497 e. The van der Waals surface area contributed by atoms with Crippen molar-refractivity contribution in [1.29, 1.82) is 0 Å². The molecule has 1 atom stereocenters. The molecule has 2 aromatic rings. The second-order valence-corrected chi connectivity index (χ2v) is 7.99. The maximum Gasteiger partial charge on any atom is 0.251 e. The molecule has 2 aromatic carbocycles. The number of hydrogen-bond acceptors (Lipinski definition) is 6. The molecule has 3 amide bonds. The number of likely N-dealkylation sites (tertiary alicyclic amines) is 1. The van der Waals surface area contributed by atoms with Crippen LogP contribution in [0.4, 0.5) is 11.4 Å². The van der Waals surface area contributed by atoms with Crippen LogP contribution in [0.5, 0.6) is 11.5 Å². The van der Waals surface area contributed by atoms with Gasteiger partial charge >= 0.3 is 0 Å². The summed E-state index contributed by atoms with van der Waals surface area (Å²) in [5.74, 6) is 0.351. The number of carbonyl (C=O) groups is 3. The van der Waals surface area contributed by atoms with Gasteiger partial charge in [0.2, 0.25) is 11.8 Å². The average Bonchev–Trinajstić information content (AvgIpc) is 3.12. The first-order valence-corrected chi connectivity index (χ1v) is 10.7. The third-order valence-electron chi connectivity index (χ3n) is 6.13. The number of para-hydroxylation sites is 1. The Labute approximate surface area is 187 Å². The Morgan fingerprint density at radius 2 is 1.72 bits per heavy atom. The van der Waals surface area contributed by atoms with E-state index in [0.717, 1.165) is 5.69 Å². The SMILES string of the molecule is COc1ccc(N2C(=O)C[C@@H](N3CCC(C(=O)Nc4ccccc4)CC3)C2=O)c(OC)c1. The first kappa shape index (κ1) is 21.8. The van der Waals surface area contributed by atoms with E-state index >= 15 is 0 Å². The third-order valence-corrected chi connectivity index (χ3v) is 6.13. The second-order valence-electron chi connectivity index (χ2n) is 7.99. The molecule has 2 aliphatic rings. The lowest BCUT2D eigenvalue weighted by molar-refractivity contribution is -0.123. The summed E-state index contributed by atoms with van der Waals surface area (Å²) in [4.78, 5) is 41.8.